The Morgan fingerprint density at radius 3 is 2.85 bits per heavy atom. The molecule has 2 aliphatic rings. The van der Waals surface area contributed by atoms with Crippen molar-refractivity contribution in [3.8, 4) is 0 Å². The molecule has 0 aromatic heterocycles. The molecule has 1 fully saturated rings. The van der Waals surface area contributed by atoms with E-state index >= 15 is 0 Å². The minimum atomic E-state index is -0.653. The fraction of sp³-hybridized carbons (Fsp3) is 0.571. The van der Waals surface area contributed by atoms with Gasteiger partial charge in [-0.25, -0.2) is 4.79 Å². The largest absolute Gasteiger partial charge is 0.333 e. The molecule has 3 N–H and O–H groups in total. The predicted octanol–water partition coefficient (Wildman–Crippen LogP) is -0.860. The first kappa shape index (κ1) is 8.49. The summed E-state index contributed by atoms with van der Waals surface area (Å²) in [5.41, 5.74) is 5.67. The van der Waals surface area contributed by atoms with Gasteiger partial charge in [-0.1, -0.05) is 0 Å². The van der Waals surface area contributed by atoms with Crippen molar-refractivity contribution in [1.29, 1.82) is 0 Å². The Balaban J connectivity index is 2.10. The standard InChI is InChI=1S/C7H11N3O3/c8-5-1-2-9-6(11)10(5)7-12-3-4-13-7/h1-2,5,7H,3-4,8H2,(H,9,11). The maximum atomic E-state index is 11.3. The van der Waals surface area contributed by atoms with Crippen LogP contribution in [0.2, 0.25) is 0 Å². The summed E-state index contributed by atoms with van der Waals surface area (Å²) < 4.78 is 10.3. The molecule has 0 bridgehead atoms. The van der Waals surface area contributed by atoms with E-state index in [1.54, 1.807) is 6.08 Å². The molecule has 6 nitrogen and oxygen atoms in total. The van der Waals surface area contributed by atoms with E-state index in [0.717, 1.165) is 0 Å². The van der Waals surface area contributed by atoms with Crippen LogP contribution in [0.5, 0.6) is 0 Å². The number of carbonyl (C=O) groups is 1. The molecule has 0 aromatic carbocycles. The van der Waals surface area contributed by atoms with Gasteiger partial charge in [0.1, 0.15) is 6.17 Å². The normalized spacial score (nSPS) is 29.5. The molecule has 0 spiro atoms. The van der Waals surface area contributed by atoms with Crippen LogP contribution in [0.4, 0.5) is 4.79 Å². The molecule has 72 valence electrons. The van der Waals surface area contributed by atoms with Crippen LogP contribution in [-0.4, -0.2) is 36.7 Å². The molecule has 1 saturated heterocycles. The van der Waals surface area contributed by atoms with Gasteiger partial charge in [-0.3, -0.25) is 4.90 Å². The Labute approximate surface area is 75.3 Å². The number of nitrogens with zero attached hydrogens (tertiary/aromatic N) is 1. The highest BCUT2D eigenvalue weighted by Crippen LogP contribution is 2.14. The summed E-state index contributed by atoms with van der Waals surface area (Å²) in [6.07, 6.45) is 2.03. The quantitative estimate of drug-likeness (QED) is 0.557. The molecule has 1 unspecified atom stereocenters. The van der Waals surface area contributed by atoms with Gasteiger partial charge >= 0.3 is 6.03 Å². The molecule has 2 heterocycles. The van der Waals surface area contributed by atoms with Gasteiger partial charge in [0.2, 0.25) is 6.41 Å². The molecule has 0 saturated carbocycles. The van der Waals surface area contributed by atoms with Crippen molar-refractivity contribution in [1.82, 2.24) is 10.2 Å². The van der Waals surface area contributed by atoms with Gasteiger partial charge in [-0.05, 0) is 6.08 Å². The van der Waals surface area contributed by atoms with E-state index in [2.05, 4.69) is 5.32 Å². The van der Waals surface area contributed by atoms with E-state index in [1.165, 1.54) is 11.1 Å². The fourth-order valence-corrected chi connectivity index (χ4v) is 1.26. The third-order valence-electron chi connectivity index (χ3n) is 1.89. The van der Waals surface area contributed by atoms with Crippen LogP contribution in [-0.2, 0) is 9.47 Å². The van der Waals surface area contributed by atoms with Gasteiger partial charge in [0.25, 0.3) is 0 Å². The zero-order chi connectivity index (χ0) is 9.26. The summed E-state index contributed by atoms with van der Waals surface area (Å²) in [6, 6.07) is -0.304. The third-order valence-corrected chi connectivity index (χ3v) is 1.89. The molecule has 0 aliphatic carbocycles. The van der Waals surface area contributed by atoms with Crippen molar-refractivity contribution >= 4 is 6.03 Å². The summed E-state index contributed by atoms with van der Waals surface area (Å²) in [5.74, 6) is 0. The third kappa shape index (κ3) is 1.51. The van der Waals surface area contributed by atoms with Gasteiger partial charge in [0.15, 0.2) is 0 Å². The average molecular weight is 185 g/mol. The molecule has 0 aromatic rings. The Kier molecular flexibility index (Phi) is 2.17. The Bertz CT molecular complexity index is 237. The van der Waals surface area contributed by atoms with Crippen molar-refractivity contribution in [2.24, 2.45) is 5.73 Å². The first-order chi connectivity index (χ1) is 6.29. The summed E-state index contributed by atoms with van der Waals surface area (Å²) in [4.78, 5) is 12.6. The van der Waals surface area contributed by atoms with Crippen LogP contribution >= 0.6 is 0 Å². The first-order valence-electron chi connectivity index (χ1n) is 4.03. The SMILES string of the molecule is NC1C=CNC(=O)N1C1OCCO1. The zero-order valence-electron chi connectivity index (χ0n) is 6.97. The lowest BCUT2D eigenvalue weighted by Crippen LogP contribution is -2.56. The van der Waals surface area contributed by atoms with E-state index in [0.29, 0.717) is 13.2 Å². The monoisotopic (exact) mass is 185 g/mol. The maximum Gasteiger partial charge on any atom is 0.326 e. The van der Waals surface area contributed by atoms with E-state index in [-0.39, 0.29) is 6.03 Å². The van der Waals surface area contributed by atoms with Gasteiger partial charge in [-0.2, -0.15) is 0 Å². The van der Waals surface area contributed by atoms with Crippen LogP contribution in [0.15, 0.2) is 12.3 Å². The Hall–Kier alpha value is -1.11. The number of nitrogens with one attached hydrogen (secondary N) is 1. The van der Waals surface area contributed by atoms with Gasteiger partial charge < -0.3 is 20.5 Å². The number of nitrogens with two attached hydrogens (primary N) is 1. The molecule has 2 rings (SSSR count). The van der Waals surface area contributed by atoms with E-state index in [9.17, 15) is 4.79 Å². The fourth-order valence-electron chi connectivity index (χ4n) is 1.26. The second-order valence-electron chi connectivity index (χ2n) is 2.76. The zero-order valence-corrected chi connectivity index (χ0v) is 6.97. The average Bonchev–Trinajstić information content (AvgIpc) is 2.57. The summed E-state index contributed by atoms with van der Waals surface area (Å²) in [7, 11) is 0. The first-order valence-corrected chi connectivity index (χ1v) is 4.03. The van der Waals surface area contributed by atoms with Gasteiger partial charge in [0, 0.05) is 6.20 Å². The lowest BCUT2D eigenvalue weighted by atomic mass is 10.4. The molecule has 6 heteroatoms. The van der Waals surface area contributed by atoms with Crippen LogP contribution < -0.4 is 11.1 Å². The summed E-state index contributed by atoms with van der Waals surface area (Å²) in [5, 5.41) is 2.51. The molecule has 2 aliphatic heterocycles. The number of ether oxygens (including phenoxy) is 2. The van der Waals surface area contributed by atoms with Gasteiger partial charge in [-0.15, -0.1) is 0 Å². The molecule has 0 radical (unpaired) electrons. The maximum absolute atomic E-state index is 11.3. The highest BCUT2D eigenvalue weighted by Gasteiger charge is 2.33. The number of rotatable bonds is 1. The number of urea groups is 1. The summed E-state index contributed by atoms with van der Waals surface area (Å²) in [6.45, 7) is 0.982. The number of amides is 2. The van der Waals surface area contributed by atoms with E-state index in [1.807, 2.05) is 0 Å². The lowest BCUT2D eigenvalue weighted by molar-refractivity contribution is -0.139. The van der Waals surface area contributed by atoms with E-state index in [4.69, 9.17) is 15.2 Å². The second kappa shape index (κ2) is 3.33. The van der Waals surface area contributed by atoms with Crippen LogP contribution in [0.25, 0.3) is 0 Å². The highest BCUT2D eigenvalue weighted by molar-refractivity contribution is 5.77. The van der Waals surface area contributed by atoms with Crippen molar-refractivity contribution in [3.63, 3.8) is 0 Å². The molecule has 2 amide bonds. The van der Waals surface area contributed by atoms with Crippen molar-refractivity contribution in [2.75, 3.05) is 13.2 Å². The molecular weight excluding hydrogens is 174 g/mol. The molecular formula is C7H11N3O3. The van der Waals surface area contributed by atoms with Crippen LogP contribution in [0, 0.1) is 0 Å². The predicted molar refractivity (Wildman–Crippen MR) is 43.2 cm³/mol. The Morgan fingerprint density at radius 1 is 1.54 bits per heavy atom. The minimum absolute atomic E-state index is 0.304. The van der Waals surface area contributed by atoms with Crippen LogP contribution in [0.1, 0.15) is 0 Å². The van der Waals surface area contributed by atoms with Crippen LogP contribution in [0.3, 0.4) is 0 Å². The topological polar surface area (TPSA) is 76.8 Å². The number of hydrogen-bond acceptors (Lipinski definition) is 4. The highest BCUT2D eigenvalue weighted by atomic mass is 16.7. The Morgan fingerprint density at radius 2 is 2.23 bits per heavy atom. The lowest BCUT2D eigenvalue weighted by Gasteiger charge is -2.32. The van der Waals surface area contributed by atoms with Gasteiger partial charge in [0.05, 0.1) is 13.2 Å². The molecule has 1 atom stereocenters. The number of carbonyl (C=O) groups excluding carboxylic acids is 1. The van der Waals surface area contributed by atoms with Crippen molar-refractivity contribution in [3.05, 3.63) is 12.3 Å². The molecule has 13 heavy (non-hydrogen) atoms. The van der Waals surface area contributed by atoms with Crippen molar-refractivity contribution in [2.45, 2.75) is 12.6 Å². The minimum Gasteiger partial charge on any atom is -0.333 e. The summed E-state index contributed by atoms with van der Waals surface area (Å²) >= 11 is 0. The number of hydrogen-bond donors (Lipinski definition) is 2. The van der Waals surface area contributed by atoms with E-state index < -0.39 is 12.6 Å². The van der Waals surface area contributed by atoms with Crippen molar-refractivity contribution < 1.29 is 14.3 Å². The smallest absolute Gasteiger partial charge is 0.326 e. The second-order valence-corrected chi connectivity index (χ2v) is 2.76.